The molecule has 2 aromatic rings. The Morgan fingerprint density at radius 3 is 2.37 bits per heavy atom. The molecule has 0 bridgehead atoms. The molecule has 2 rings (SSSR count). The first-order valence-electron chi connectivity index (χ1n) is 6.23. The van der Waals surface area contributed by atoms with Crippen LogP contribution in [0.2, 0.25) is 0 Å². The molecular formula is C16H19NO2. The van der Waals surface area contributed by atoms with Crippen LogP contribution in [-0.4, -0.2) is 12.2 Å². The number of hydrogen-bond acceptors (Lipinski definition) is 3. The molecule has 0 fully saturated rings. The maximum absolute atomic E-state index is 9.30. The van der Waals surface area contributed by atoms with E-state index < -0.39 is 5.54 Å². The predicted octanol–water partition coefficient (Wildman–Crippen LogP) is 2.82. The van der Waals surface area contributed by atoms with Gasteiger partial charge in [0.2, 0.25) is 0 Å². The van der Waals surface area contributed by atoms with E-state index in [0.29, 0.717) is 6.42 Å². The van der Waals surface area contributed by atoms with Crippen molar-refractivity contribution in [1.82, 2.24) is 0 Å². The zero-order chi connectivity index (χ0) is 13.9. The second-order valence-electron chi connectivity index (χ2n) is 4.96. The Bertz CT molecular complexity index is 547. The molecule has 0 aliphatic rings. The number of nitrogens with two attached hydrogens (primary N) is 1. The summed E-state index contributed by atoms with van der Waals surface area (Å²) in [5, 5.41) is 9.30. The fourth-order valence-electron chi connectivity index (χ4n) is 2.25. The molecule has 1 atom stereocenters. The second-order valence-corrected chi connectivity index (χ2v) is 4.96. The zero-order valence-electron chi connectivity index (χ0n) is 11.3. The Labute approximate surface area is 113 Å². The van der Waals surface area contributed by atoms with Gasteiger partial charge >= 0.3 is 0 Å². The summed E-state index contributed by atoms with van der Waals surface area (Å²) in [6, 6.07) is 14.9. The molecular weight excluding hydrogens is 238 g/mol. The van der Waals surface area contributed by atoms with Gasteiger partial charge in [0.15, 0.2) is 0 Å². The molecule has 0 amide bonds. The summed E-state index contributed by atoms with van der Waals surface area (Å²) in [5.74, 6) is 1.06. The van der Waals surface area contributed by atoms with Crippen molar-refractivity contribution in [2.75, 3.05) is 7.11 Å². The van der Waals surface area contributed by atoms with Crippen LogP contribution in [0, 0.1) is 0 Å². The smallest absolute Gasteiger partial charge is 0.123 e. The van der Waals surface area contributed by atoms with Crippen LogP contribution >= 0.6 is 0 Å². The Hall–Kier alpha value is -2.00. The average Bonchev–Trinajstić information content (AvgIpc) is 2.41. The number of aromatic hydroxyl groups is 1. The highest BCUT2D eigenvalue weighted by molar-refractivity contribution is 5.40. The maximum Gasteiger partial charge on any atom is 0.123 e. The minimum absolute atomic E-state index is 0.264. The lowest BCUT2D eigenvalue weighted by Gasteiger charge is -2.27. The highest BCUT2D eigenvalue weighted by Crippen LogP contribution is 2.30. The highest BCUT2D eigenvalue weighted by Gasteiger charge is 2.25. The van der Waals surface area contributed by atoms with Gasteiger partial charge in [0.05, 0.1) is 7.11 Å². The Balaban J connectivity index is 2.29. The van der Waals surface area contributed by atoms with Crippen LogP contribution in [0.1, 0.15) is 18.1 Å². The Kier molecular flexibility index (Phi) is 3.76. The molecule has 0 saturated heterocycles. The molecule has 3 heteroatoms. The Morgan fingerprint density at radius 1 is 1.11 bits per heavy atom. The van der Waals surface area contributed by atoms with Gasteiger partial charge in [-0.15, -0.1) is 0 Å². The molecule has 0 aliphatic heterocycles. The summed E-state index contributed by atoms with van der Waals surface area (Å²) < 4.78 is 5.37. The van der Waals surface area contributed by atoms with Gasteiger partial charge in [0, 0.05) is 11.1 Å². The van der Waals surface area contributed by atoms with Gasteiger partial charge in [-0.2, -0.15) is 0 Å². The van der Waals surface area contributed by atoms with Crippen LogP contribution in [0.15, 0.2) is 48.5 Å². The second kappa shape index (κ2) is 5.33. The molecule has 0 heterocycles. The van der Waals surface area contributed by atoms with Crippen LogP contribution in [0.25, 0.3) is 0 Å². The van der Waals surface area contributed by atoms with Crippen molar-refractivity contribution in [3.63, 3.8) is 0 Å². The van der Waals surface area contributed by atoms with Crippen LogP contribution in [0.4, 0.5) is 0 Å². The van der Waals surface area contributed by atoms with Gasteiger partial charge in [-0.1, -0.05) is 30.3 Å². The fraction of sp³-hybridized carbons (Fsp3) is 0.250. The van der Waals surface area contributed by atoms with Crippen molar-refractivity contribution in [3.05, 3.63) is 59.7 Å². The normalized spacial score (nSPS) is 13.8. The first-order chi connectivity index (χ1) is 9.03. The van der Waals surface area contributed by atoms with E-state index in [2.05, 4.69) is 0 Å². The molecule has 3 N–H and O–H groups in total. The van der Waals surface area contributed by atoms with Gasteiger partial charge in [-0.05, 0) is 37.1 Å². The predicted molar refractivity (Wildman–Crippen MR) is 76.3 cm³/mol. The summed E-state index contributed by atoms with van der Waals surface area (Å²) in [7, 11) is 1.65. The number of rotatable bonds is 4. The summed E-state index contributed by atoms with van der Waals surface area (Å²) in [6.45, 7) is 1.98. The zero-order valence-corrected chi connectivity index (χ0v) is 11.3. The van der Waals surface area contributed by atoms with Crippen LogP contribution in [0.3, 0.4) is 0 Å². The van der Waals surface area contributed by atoms with E-state index in [-0.39, 0.29) is 5.75 Å². The largest absolute Gasteiger partial charge is 0.508 e. The molecule has 0 spiro atoms. The molecule has 3 nitrogen and oxygen atoms in total. The van der Waals surface area contributed by atoms with Crippen molar-refractivity contribution in [1.29, 1.82) is 0 Å². The number of para-hydroxylation sites is 1. The van der Waals surface area contributed by atoms with E-state index in [9.17, 15) is 5.11 Å². The number of methoxy groups -OCH3 is 1. The lowest BCUT2D eigenvalue weighted by atomic mass is 9.86. The minimum Gasteiger partial charge on any atom is -0.508 e. The number of hydrogen-bond donors (Lipinski definition) is 2. The monoisotopic (exact) mass is 257 g/mol. The SMILES string of the molecule is COc1ccccc1C(C)(N)Cc1ccc(O)cc1. The van der Waals surface area contributed by atoms with E-state index in [4.69, 9.17) is 10.5 Å². The van der Waals surface area contributed by atoms with Gasteiger partial charge in [-0.3, -0.25) is 0 Å². The van der Waals surface area contributed by atoms with Crippen molar-refractivity contribution < 1.29 is 9.84 Å². The maximum atomic E-state index is 9.30. The van der Waals surface area contributed by atoms with E-state index in [0.717, 1.165) is 16.9 Å². The molecule has 1 unspecified atom stereocenters. The summed E-state index contributed by atoms with van der Waals surface area (Å²) >= 11 is 0. The van der Waals surface area contributed by atoms with E-state index in [1.165, 1.54) is 0 Å². The number of phenols is 1. The summed E-state index contributed by atoms with van der Waals surface area (Å²) in [5.41, 5.74) is 7.97. The fourth-order valence-corrected chi connectivity index (χ4v) is 2.25. The molecule has 100 valence electrons. The number of ether oxygens (including phenoxy) is 1. The average molecular weight is 257 g/mol. The molecule has 0 aromatic heterocycles. The standard InChI is InChI=1S/C16H19NO2/c1-16(17,11-12-7-9-13(18)10-8-12)14-5-3-4-6-15(14)19-2/h3-10,18H,11,17H2,1-2H3. The van der Waals surface area contributed by atoms with Gasteiger partial charge in [-0.25, -0.2) is 0 Å². The molecule has 0 saturated carbocycles. The molecule has 2 aromatic carbocycles. The van der Waals surface area contributed by atoms with Crippen molar-refractivity contribution in [3.8, 4) is 11.5 Å². The van der Waals surface area contributed by atoms with Gasteiger partial charge < -0.3 is 15.6 Å². The Morgan fingerprint density at radius 2 is 1.74 bits per heavy atom. The first kappa shape index (κ1) is 13.4. The third-order valence-electron chi connectivity index (χ3n) is 3.23. The minimum atomic E-state index is -0.524. The molecule has 0 aliphatic carbocycles. The van der Waals surface area contributed by atoms with E-state index >= 15 is 0 Å². The molecule has 19 heavy (non-hydrogen) atoms. The number of phenolic OH excluding ortho intramolecular Hbond substituents is 1. The third-order valence-corrected chi connectivity index (χ3v) is 3.23. The quantitative estimate of drug-likeness (QED) is 0.885. The van der Waals surface area contributed by atoms with Crippen LogP contribution < -0.4 is 10.5 Å². The highest BCUT2D eigenvalue weighted by atomic mass is 16.5. The van der Waals surface area contributed by atoms with Gasteiger partial charge in [0.25, 0.3) is 0 Å². The molecule has 0 radical (unpaired) electrons. The number of benzene rings is 2. The van der Waals surface area contributed by atoms with Crippen molar-refractivity contribution >= 4 is 0 Å². The van der Waals surface area contributed by atoms with Crippen LogP contribution in [-0.2, 0) is 12.0 Å². The topological polar surface area (TPSA) is 55.5 Å². The lowest BCUT2D eigenvalue weighted by Crippen LogP contribution is -2.35. The van der Waals surface area contributed by atoms with Crippen molar-refractivity contribution in [2.45, 2.75) is 18.9 Å². The van der Waals surface area contributed by atoms with Gasteiger partial charge in [0.1, 0.15) is 11.5 Å². The first-order valence-corrected chi connectivity index (χ1v) is 6.23. The van der Waals surface area contributed by atoms with E-state index in [1.807, 2.05) is 43.3 Å². The summed E-state index contributed by atoms with van der Waals surface area (Å²) in [4.78, 5) is 0. The lowest BCUT2D eigenvalue weighted by molar-refractivity contribution is 0.386. The summed E-state index contributed by atoms with van der Waals surface area (Å²) in [6.07, 6.45) is 0.674. The van der Waals surface area contributed by atoms with E-state index in [1.54, 1.807) is 19.2 Å². The third kappa shape index (κ3) is 3.06. The van der Waals surface area contributed by atoms with Crippen LogP contribution in [0.5, 0.6) is 11.5 Å². The van der Waals surface area contributed by atoms with Crippen molar-refractivity contribution in [2.24, 2.45) is 5.73 Å².